The quantitative estimate of drug-likeness (QED) is 0.0504. The van der Waals surface area contributed by atoms with Gasteiger partial charge in [0.2, 0.25) is 0 Å². The standard InChI is InChI=1S/4C6H12O7.K.Sb/c4*7-1-2(8)3(9)4(10)5(11)6(12)13;;/h4*2-5,7-11H,1H2,(H,12,13);;/q;;;;+1;+3/p-4. The van der Waals surface area contributed by atoms with Gasteiger partial charge in [0.05, 0.1) is 50.3 Å². The summed E-state index contributed by atoms with van der Waals surface area (Å²) in [6.07, 6.45) is -32.3. The van der Waals surface area contributed by atoms with Crippen molar-refractivity contribution in [1.82, 2.24) is 0 Å². The van der Waals surface area contributed by atoms with E-state index in [0.717, 1.165) is 0 Å². The molecule has 0 fully saturated rings. The van der Waals surface area contributed by atoms with E-state index in [1.807, 2.05) is 0 Å². The predicted octanol–water partition coefficient (Wildman–Crippen LogP) is -22.7. The van der Waals surface area contributed by atoms with Crippen LogP contribution >= 0.6 is 0 Å². The molecule has 0 aromatic carbocycles. The Morgan fingerprint density at radius 1 is 0.315 bits per heavy atom. The molecule has 0 rings (SSSR count). The van der Waals surface area contributed by atoms with Gasteiger partial charge in [0.1, 0.15) is 97.7 Å². The van der Waals surface area contributed by atoms with E-state index in [2.05, 4.69) is 0 Å². The molecule has 0 spiro atoms. The number of hydrogen-bond donors (Lipinski definition) is 20. The number of aliphatic hydroxyl groups excluding tert-OH is 20. The molecule has 0 aromatic heterocycles. The van der Waals surface area contributed by atoms with Crippen molar-refractivity contribution >= 4 is 48.3 Å². The van der Waals surface area contributed by atoms with Crippen LogP contribution in [-0.4, -0.2) is 275 Å². The first kappa shape index (κ1) is 65.4. The first-order valence-electron chi connectivity index (χ1n) is 13.8. The first-order chi connectivity index (χ1) is 23.7. The Labute approximate surface area is 362 Å². The molecule has 0 bridgehead atoms. The van der Waals surface area contributed by atoms with E-state index in [1.54, 1.807) is 0 Å². The second kappa shape index (κ2) is 34.6. The Bertz CT molecular complexity index is 848. The first-order valence-corrected chi connectivity index (χ1v) is 13.8. The summed E-state index contributed by atoms with van der Waals surface area (Å²) >= 11 is 0. The summed E-state index contributed by atoms with van der Waals surface area (Å²) in [5, 5.41) is 214. The van der Waals surface area contributed by atoms with Crippen LogP contribution in [0.25, 0.3) is 0 Å². The molecule has 16 atom stereocenters. The van der Waals surface area contributed by atoms with Crippen molar-refractivity contribution in [2.24, 2.45) is 0 Å². The topological polar surface area (TPSA) is 565 Å². The van der Waals surface area contributed by atoms with Crippen molar-refractivity contribution in [3.63, 3.8) is 0 Å². The Morgan fingerprint density at radius 3 is 0.500 bits per heavy atom. The minimum absolute atomic E-state index is 0. The van der Waals surface area contributed by atoms with Gasteiger partial charge in [-0.3, -0.25) is 0 Å². The van der Waals surface area contributed by atoms with Gasteiger partial charge < -0.3 is 142 Å². The molecule has 0 saturated heterocycles. The zero-order valence-corrected chi connectivity index (χ0v) is 33.4. The molecule has 314 valence electrons. The minimum Gasteiger partial charge on any atom is -0.547 e. The average Bonchev–Trinajstić information content (AvgIpc) is 3.12. The molecule has 0 aliphatic rings. The molecule has 0 aliphatic heterocycles. The van der Waals surface area contributed by atoms with Gasteiger partial charge in [-0.1, -0.05) is 0 Å². The van der Waals surface area contributed by atoms with Crippen molar-refractivity contribution in [1.29, 1.82) is 0 Å². The number of rotatable bonds is 20. The van der Waals surface area contributed by atoms with Gasteiger partial charge >= 0.3 is 75.8 Å². The van der Waals surface area contributed by atoms with Gasteiger partial charge in [0.15, 0.2) is 0 Å². The second-order valence-electron chi connectivity index (χ2n) is 9.98. The van der Waals surface area contributed by atoms with Gasteiger partial charge in [-0.15, -0.1) is 0 Å². The molecule has 2 radical (unpaired) electrons. The van der Waals surface area contributed by atoms with E-state index < -0.39 is 148 Å². The molecule has 54 heavy (non-hydrogen) atoms. The Kier molecular flexibility index (Phi) is 41.9. The number of carbonyl (C=O) groups is 4. The van der Waals surface area contributed by atoms with Gasteiger partial charge in [-0.2, -0.15) is 0 Å². The van der Waals surface area contributed by atoms with Crippen molar-refractivity contribution in [3.8, 4) is 0 Å². The molecule has 0 saturated carbocycles. The summed E-state index contributed by atoms with van der Waals surface area (Å²) < 4.78 is 0. The fourth-order valence-corrected chi connectivity index (χ4v) is 2.65. The van der Waals surface area contributed by atoms with Crippen LogP contribution in [-0.2, 0) is 19.2 Å². The van der Waals surface area contributed by atoms with Crippen LogP contribution in [0, 0.1) is 0 Å². The van der Waals surface area contributed by atoms with Crippen LogP contribution in [0.5, 0.6) is 0 Å². The summed E-state index contributed by atoms with van der Waals surface area (Å²) in [6, 6.07) is 0. The predicted molar refractivity (Wildman–Crippen MR) is 150 cm³/mol. The maximum Gasteiger partial charge on any atom is 3.00 e. The molecular weight excluding hydrogens is 897 g/mol. The van der Waals surface area contributed by atoms with Crippen LogP contribution in [0.4, 0.5) is 0 Å². The van der Waals surface area contributed by atoms with Crippen LogP contribution in [0.3, 0.4) is 0 Å². The van der Waals surface area contributed by atoms with Gasteiger partial charge in [0.25, 0.3) is 0 Å². The molecule has 16 unspecified atom stereocenters. The molecule has 0 heterocycles. The molecule has 0 aliphatic carbocycles. The van der Waals surface area contributed by atoms with E-state index >= 15 is 0 Å². The smallest absolute Gasteiger partial charge is 0.547 e. The number of aliphatic hydroxyl groups is 20. The Morgan fingerprint density at radius 2 is 0.426 bits per heavy atom. The molecular formula is C24H44KO28Sb. The Balaban J connectivity index is -0.000000140. The van der Waals surface area contributed by atoms with Crippen molar-refractivity contribution in [2.45, 2.75) is 97.7 Å². The number of hydrogen-bond acceptors (Lipinski definition) is 28. The van der Waals surface area contributed by atoms with E-state index in [9.17, 15) is 39.6 Å². The fourth-order valence-electron chi connectivity index (χ4n) is 2.65. The summed E-state index contributed by atoms with van der Waals surface area (Å²) in [6.45, 7) is -3.45. The number of carbonyl (C=O) groups excluding carboxylic acids is 4. The van der Waals surface area contributed by atoms with Crippen molar-refractivity contribution < 1.29 is 193 Å². The maximum absolute atomic E-state index is 9.98. The summed E-state index contributed by atoms with van der Waals surface area (Å²) in [5.41, 5.74) is 0. The molecule has 30 heteroatoms. The minimum atomic E-state index is -2.31. The van der Waals surface area contributed by atoms with Crippen molar-refractivity contribution in [2.75, 3.05) is 26.4 Å². The van der Waals surface area contributed by atoms with Crippen LogP contribution in [0.1, 0.15) is 0 Å². The third kappa shape index (κ3) is 25.7. The number of carboxylic acids is 4. The van der Waals surface area contributed by atoms with Crippen LogP contribution in [0.2, 0.25) is 0 Å². The zero-order chi connectivity index (χ0) is 42.4. The monoisotopic (exact) mass is 940 g/mol. The van der Waals surface area contributed by atoms with Gasteiger partial charge in [-0.05, 0) is 0 Å². The van der Waals surface area contributed by atoms with E-state index in [1.165, 1.54) is 0 Å². The number of carboxylic acid groups (broad SMARTS) is 4. The molecule has 0 aromatic rings. The van der Waals surface area contributed by atoms with E-state index in [-0.39, 0.29) is 75.8 Å². The molecule has 20 N–H and O–H groups in total. The van der Waals surface area contributed by atoms with E-state index in [4.69, 9.17) is 102 Å². The second-order valence-corrected chi connectivity index (χ2v) is 9.98. The van der Waals surface area contributed by atoms with Gasteiger partial charge in [-0.25, -0.2) is 0 Å². The zero-order valence-electron chi connectivity index (χ0n) is 27.7. The van der Waals surface area contributed by atoms with Gasteiger partial charge in [0, 0.05) is 0 Å². The maximum atomic E-state index is 9.98. The van der Waals surface area contributed by atoms with Crippen LogP contribution < -0.4 is 71.8 Å². The molecule has 0 amide bonds. The SMILES string of the molecule is O=C([O-])C(O)C(O)C(O)C(O)CO.O=C([O-])C(O)C(O)C(O)C(O)CO.O=C([O-])C(O)C(O)C(O)C(O)CO.O=C([O-])C(O)C(O)C(O)C(O)CO.[K+].[Sb+3]. The summed E-state index contributed by atoms with van der Waals surface area (Å²) in [4.78, 5) is 39.9. The third-order valence-corrected chi connectivity index (χ3v) is 5.98. The summed E-state index contributed by atoms with van der Waals surface area (Å²) in [7, 11) is 0. The summed E-state index contributed by atoms with van der Waals surface area (Å²) in [5.74, 6) is -7.90. The molecule has 28 nitrogen and oxygen atoms in total. The van der Waals surface area contributed by atoms with Crippen LogP contribution in [0.15, 0.2) is 0 Å². The van der Waals surface area contributed by atoms with E-state index in [0.29, 0.717) is 0 Å². The normalized spacial score (nSPS) is 19.6. The third-order valence-electron chi connectivity index (χ3n) is 5.98. The fraction of sp³-hybridized carbons (Fsp3) is 0.833. The van der Waals surface area contributed by atoms with Crippen molar-refractivity contribution in [3.05, 3.63) is 0 Å². The number of aliphatic carboxylic acids is 4. The Hall–Kier alpha value is -0.465. The average molecular weight is 941 g/mol. The largest absolute Gasteiger partial charge is 3.00 e.